The fraction of sp³-hybridized carbons (Fsp3) is 0.200. The van der Waals surface area contributed by atoms with E-state index in [1.807, 2.05) is 0 Å². The molecular weight excluding hydrogens is 276 g/mol. The summed E-state index contributed by atoms with van der Waals surface area (Å²) in [5.74, 6) is 0.550. The van der Waals surface area contributed by atoms with Crippen LogP contribution in [0, 0.1) is 0 Å². The van der Waals surface area contributed by atoms with E-state index >= 15 is 0 Å². The van der Waals surface area contributed by atoms with Gasteiger partial charge in [-0.05, 0) is 39.4 Å². The summed E-state index contributed by atoms with van der Waals surface area (Å²) >= 11 is 6.66. The van der Waals surface area contributed by atoms with Crippen LogP contribution in [0.3, 0.4) is 0 Å². The van der Waals surface area contributed by atoms with E-state index in [0.29, 0.717) is 5.92 Å². The van der Waals surface area contributed by atoms with Crippen molar-refractivity contribution in [2.75, 3.05) is 0 Å². The molecule has 1 heteroatoms. The van der Waals surface area contributed by atoms with Crippen LogP contribution in [0.5, 0.6) is 0 Å². The van der Waals surface area contributed by atoms with Gasteiger partial charge in [0.15, 0.2) is 0 Å². The second-order valence-electron chi connectivity index (χ2n) is 5.79. The number of alkyl halides is 1. The molecule has 0 saturated carbocycles. The van der Waals surface area contributed by atoms with Crippen LogP contribution >= 0.6 is 11.6 Å². The number of benzene rings is 3. The van der Waals surface area contributed by atoms with Gasteiger partial charge in [-0.1, -0.05) is 74.5 Å². The Balaban J connectivity index is 1.93. The second-order valence-corrected chi connectivity index (χ2v) is 6.23. The monoisotopic (exact) mass is 294 g/mol. The van der Waals surface area contributed by atoms with Gasteiger partial charge in [-0.2, -0.15) is 0 Å². The molecule has 0 fully saturated rings. The van der Waals surface area contributed by atoms with Gasteiger partial charge >= 0.3 is 0 Å². The second kappa shape index (κ2) is 5.91. The summed E-state index contributed by atoms with van der Waals surface area (Å²) in [6.07, 6.45) is 0. The van der Waals surface area contributed by atoms with Crippen molar-refractivity contribution in [1.29, 1.82) is 0 Å². The number of fused-ring (bicyclic) bond motifs is 1. The third-order valence-corrected chi connectivity index (χ3v) is 4.47. The topological polar surface area (TPSA) is 0 Å². The van der Waals surface area contributed by atoms with Gasteiger partial charge in [-0.3, -0.25) is 0 Å². The molecule has 1 atom stereocenters. The first-order valence-electron chi connectivity index (χ1n) is 7.38. The van der Waals surface area contributed by atoms with Crippen molar-refractivity contribution in [3.63, 3.8) is 0 Å². The van der Waals surface area contributed by atoms with E-state index in [0.717, 1.165) is 11.1 Å². The Hall–Kier alpha value is -1.79. The van der Waals surface area contributed by atoms with E-state index in [1.165, 1.54) is 16.3 Å². The molecule has 3 aromatic carbocycles. The van der Waals surface area contributed by atoms with E-state index in [1.54, 1.807) is 0 Å². The lowest BCUT2D eigenvalue weighted by Gasteiger charge is -2.13. The molecule has 0 aliphatic carbocycles. The minimum absolute atomic E-state index is 0.101. The van der Waals surface area contributed by atoms with Crippen LogP contribution in [-0.2, 0) is 0 Å². The van der Waals surface area contributed by atoms with Gasteiger partial charge in [0.25, 0.3) is 0 Å². The third-order valence-electron chi connectivity index (χ3n) is 3.96. The van der Waals surface area contributed by atoms with Crippen molar-refractivity contribution in [3.05, 3.63) is 83.4 Å². The van der Waals surface area contributed by atoms with Crippen molar-refractivity contribution in [1.82, 2.24) is 0 Å². The van der Waals surface area contributed by atoms with Gasteiger partial charge in [-0.25, -0.2) is 0 Å². The van der Waals surface area contributed by atoms with Gasteiger partial charge in [0.1, 0.15) is 0 Å². The lowest BCUT2D eigenvalue weighted by Crippen LogP contribution is -1.95. The molecule has 0 nitrogen and oxygen atoms in total. The van der Waals surface area contributed by atoms with E-state index in [9.17, 15) is 0 Å². The summed E-state index contributed by atoms with van der Waals surface area (Å²) in [5.41, 5.74) is 3.64. The number of hydrogen-bond donors (Lipinski definition) is 0. The fourth-order valence-electron chi connectivity index (χ4n) is 2.61. The molecule has 0 heterocycles. The maximum Gasteiger partial charge on any atom is 0.0835 e. The van der Waals surface area contributed by atoms with Crippen LogP contribution in [0.1, 0.15) is 41.8 Å². The molecule has 0 N–H and O–H groups in total. The molecule has 0 aromatic heterocycles. The van der Waals surface area contributed by atoms with Crippen LogP contribution in [0.25, 0.3) is 10.8 Å². The van der Waals surface area contributed by atoms with Gasteiger partial charge < -0.3 is 0 Å². The summed E-state index contributed by atoms with van der Waals surface area (Å²) in [6.45, 7) is 4.41. The van der Waals surface area contributed by atoms with Crippen LogP contribution in [0.2, 0.25) is 0 Å². The normalized spacial score (nSPS) is 12.8. The summed E-state index contributed by atoms with van der Waals surface area (Å²) in [4.78, 5) is 0. The van der Waals surface area contributed by atoms with E-state index in [4.69, 9.17) is 11.6 Å². The van der Waals surface area contributed by atoms with Gasteiger partial charge in [0.05, 0.1) is 5.38 Å². The van der Waals surface area contributed by atoms with Crippen LogP contribution in [-0.4, -0.2) is 0 Å². The van der Waals surface area contributed by atoms with Crippen molar-refractivity contribution in [3.8, 4) is 0 Å². The van der Waals surface area contributed by atoms with Crippen LogP contribution in [0.15, 0.2) is 66.7 Å². The molecule has 0 radical (unpaired) electrons. The molecule has 3 rings (SSSR count). The average Bonchev–Trinajstić information content (AvgIpc) is 2.54. The van der Waals surface area contributed by atoms with Gasteiger partial charge in [0.2, 0.25) is 0 Å². The SMILES string of the molecule is CC(C)c1ccc(C(Cl)c2ccc3ccccc3c2)cc1. The zero-order valence-electron chi connectivity index (χ0n) is 12.4. The Morgan fingerprint density at radius 1 is 0.667 bits per heavy atom. The predicted molar refractivity (Wildman–Crippen MR) is 92.2 cm³/mol. The largest absolute Gasteiger partial charge is 0.113 e. The summed E-state index contributed by atoms with van der Waals surface area (Å²) in [7, 11) is 0. The standard InChI is InChI=1S/C20H19Cl/c1-14(2)15-7-10-17(11-8-15)20(21)19-12-9-16-5-3-4-6-18(16)13-19/h3-14,20H,1-2H3. The summed E-state index contributed by atoms with van der Waals surface area (Å²) in [6, 6.07) is 23.5. The van der Waals surface area contributed by atoms with Crippen molar-refractivity contribution >= 4 is 22.4 Å². The van der Waals surface area contributed by atoms with Crippen molar-refractivity contribution in [2.24, 2.45) is 0 Å². The first kappa shape index (κ1) is 14.2. The zero-order valence-corrected chi connectivity index (χ0v) is 13.1. The highest BCUT2D eigenvalue weighted by Crippen LogP contribution is 2.31. The highest BCUT2D eigenvalue weighted by molar-refractivity contribution is 6.22. The first-order valence-corrected chi connectivity index (χ1v) is 7.81. The van der Waals surface area contributed by atoms with Crippen LogP contribution < -0.4 is 0 Å². The summed E-state index contributed by atoms with van der Waals surface area (Å²) in [5, 5.41) is 2.38. The van der Waals surface area contributed by atoms with Crippen LogP contribution in [0.4, 0.5) is 0 Å². The smallest absolute Gasteiger partial charge is 0.0835 e. The molecule has 0 bridgehead atoms. The maximum atomic E-state index is 6.66. The molecular formula is C20H19Cl. The lowest BCUT2D eigenvalue weighted by molar-refractivity contribution is 0.865. The Morgan fingerprint density at radius 2 is 1.24 bits per heavy atom. The number of rotatable bonds is 3. The van der Waals surface area contributed by atoms with Gasteiger partial charge in [0, 0.05) is 0 Å². The Labute approximate surface area is 131 Å². The van der Waals surface area contributed by atoms with E-state index in [2.05, 4.69) is 80.6 Å². The molecule has 21 heavy (non-hydrogen) atoms. The number of halogens is 1. The Kier molecular flexibility index (Phi) is 3.98. The zero-order chi connectivity index (χ0) is 14.8. The minimum Gasteiger partial charge on any atom is -0.113 e. The molecule has 0 spiro atoms. The maximum absolute atomic E-state index is 6.66. The van der Waals surface area contributed by atoms with Gasteiger partial charge in [-0.15, -0.1) is 11.6 Å². The fourth-order valence-corrected chi connectivity index (χ4v) is 2.89. The first-order chi connectivity index (χ1) is 10.1. The average molecular weight is 295 g/mol. The lowest BCUT2D eigenvalue weighted by atomic mass is 9.97. The number of hydrogen-bond acceptors (Lipinski definition) is 0. The van der Waals surface area contributed by atoms with Crippen molar-refractivity contribution < 1.29 is 0 Å². The molecule has 0 amide bonds. The predicted octanol–water partition coefficient (Wildman–Crippen LogP) is 6.29. The quantitative estimate of drug-likeness (QED) is 0.498. The molecule has 3 aromatic rings. The minimum atomic E-state index is -0.101. The Bertz CT molecular complexity index is 741. The van der Waals surface area contributed by atoms with Crippen molar-refractivity contribution in [2.45, 2.75) is 25.1 Å². The molecule has 0 saturated heterocycles. The molecule has 1 unspecified atom stereocenters. The molecule has 106 valence electrons. The highest BCUT2D eigenvalue weighted by Gasteiger charge is 2.11. The Morgan fingerprint density at radius 3 is 1.90 bits per heavy atom. The van der Waals surface area contributed by atoms with E-state index in [-0.39, 0.29) is 5.38 Å². The third kappa shape index (κ3) is 2.96. The van der Waals surface area contributed by atoms with E-state index < -0.39 is 0 Å². The highest BCUT2D eigenvalue weighted by atomic mass is 35.5. The molecule has 0 aliphatic rings. The molecule has 0 aliphatic heterocycles. The summed E-state index contributed by atoms with van der Waals surface area (Å²) < 4.78 is 0.